The van der Waals surface area contributed by atoms with Crippen LogP contribution in [0.1, 0.15) is 39.5 Å². The minimum Gasteiger partial charge on any atom is -0.465 e. The van der Waals surface area contributed by atoms with Crippen molar-refractivity contribution in [3.05, 3.63) is 64.2 Å². The lowest BCUT2D eigenvalue weighted by Gasteiger charge is -2.16. The Hall–Kier alpha value is -2.27. The molecule has 2 aromatic carbocycles. The van der Waals surface area contributed by atoms with E-state index in [2.05, 4.69) is 24.4 Å². The van der Waals surface area contributed by atoms with Crippen molar-refractivity contribution in [3.8, 4) is 0 Å². The maximum Gasteiger partial charge on any atom is 0.337 e. The summed E-state index contributed by atoms with van der Waals surface area (Å²) in [6.07, 6.45) is 0. The van der Waals surface area contributed by atoms with Gasteiger partial charge in [-0.1, -0.05) is 29.8 Å². The summed E-state index contributed by atoms with van der Waals surface area (Å²) >= 11 is 1.56. The Balaban J connectivity index is 1.94. The van der Waals surface area contributed by atoms with Crippen molar-refractivity contribution in [2.75, 3.05) is 12.4 Å². The first-order chi connectivity index (χ1) is 12.3. The van der Waals surface area contributed by atoms with Crippen LogP contribution in [0.4, 0.5) is 5.69 Å². The van der Waals surface area contributed by atoms with Crippen molar-refractivity contribution >= 4 is 29.3 Å². The van der Waals surface area contributed by atoms with Gasteiger partial charge in [-0.25, -0.2) is 4.79 Å². The van der Waals surface area contributed by atoms with E-state index in [1.807, 2.05) is 32.9 Å². The van der Waals surface area contributed by atoms with Gasteiger partial charge in [0.15, 0.2) is 0 Å². The summed E-state index contributed by atoms with van der Waals surface area (Å²) in [5.74, 6) is 0.346. The molecule has 4 nitrogen and oxygen atoms in total. The Morgan fingerprint density at radius 1 is 1.08 bits per heavy atom. The third-order valence-corrected chi connectivity index (χ3v) is 5.38. The summed E-state index contributed by atoms with van der Waals surface area (Å²) in [6, 6.07) is 11.4. The maximum atomic E-state index is 12.5. The van der Waals surface area contributed by atoms with Crippen LogP contribution in [-0.2, 0) is 15.3 Å². The number of esters is 1. The van der Waals surface area contributed by atoms with E-state index < -0.39 is 0 Å². The Kier molecular flexibility index (Phi) is 6.86. The van der Waals surface area contributed by atoms with Crippen molar-refractivity contribution < 1.29 is 14.3 Å². The molecule has 0 heterocycles. The number of amides is 1. The minimum absolute atomic E-state index is 0.00349. The summed E-state index contributed by atoms with van der Waals surface area (Å²) in [5.41, 5.74) is 5.83. The zero-order valence-corrected chi connectivity index (χ0v) is 16.7. The number of benzene rings is 2. The van der Waals surface area contributed by atoms with Crippen LogP contribution in [0.25, 0.3) is 0 Å². The number of carbonyl (C=O) groups is 2. The molecule has 1 atom stereocenters. The van der Waals surface area contributed by atoms with Gasteiger partial charge in [0.1, 0.15) is 0 Å². The molecule has 0 saturated carbocycles. The van der Waals surface area contributed by atoms with Gasteiger partial charge in [-0.05, 0) is 56.5 Å². The smallest absolute Gasteiger partial charge is 0.337 e. The van der Waals surface area contributed by atoms with E-state index in [9.17, 15) is 9.59 Å². The fourth-order valence-corrected chi connectivity index (χ4v) is 3.60. The first-order valence-electron chi connectivity index (χ1n) is 8.49. The first kappa shape index (κ1) is 20.0. The third kappa shape index (κ3) is 5.11. The Labute approximate surface area is 159 Å². The van der Waals surface area contributed by atoms with E-state index in [1.165, 1.54) is 12.7 Å². The molecule has 2 rings (SSSR count). The van der Waals surface area contributed by atoms with Gasteiger partial charge in [0.05, 0.1) is 17.9 Å². The monoisotopic (exact) mass is 371 g/mol. The van der Waals surface area contributed by atoms with Crippen LogP contribution in [0, 0.1) is 20.8 Å². The molecule has 0 saturated heterocycles. The van der Waals surface area contributed by atoms with Crippen LogP contribution in [0.2, 0.25) is 0 Å². The summed E-state index contributed by atoms with van der Waals surface area (Å²) < 4.78 is 4.69. The van der Waals surface area contributed by atoms with Gasteiger partial charge < -0.3 is 10.1 Å². The van der Waals surface area contributed by atoms with Gasteiger partial charge in [0.2, 0.25) is 5.91 Å². The van der Waals surface area contributed by atoms with Crippen LogP contribution >= 0.6 is 11.8 Å². The lowest BCUT2D eigenvalue weighted by molar-refractivity contribution is -0.115. The Morgan fingerprint density at radius 2 is 1.65 bits per heavy atom. The van der Waals surface area contributed by atoms with Crippen LogP contribution in [0.3, 0.4) is 0 Å². The topological polar surface area (TPSA) is 55.4 Å². The van der Waals surface area contributed by atoms with E-state index in [1.54, 1.807) is 23.9 Å². The Bertz CT molecular complexity index is 776. The Morgan fingerprint density at radius 3 is 2.19 bits per heavy atom. The van der Waals surface area contributed by atoms with Crippen molar-refractivity contribution in [1.82, 2.24) is 0 Å². The average Bonchev–Trinajstić information content (AvgIpc) is 2.62. The fourth-order valence-electron chi connectivity index (χ4n) is 2.75. The first-order valence-corrected chi connectivity index (χ1v) is 9.54. The van der Waals surface area contributed by atoms with E-state index >= 15 is 0 Å². The highest BCUT2D eigenvalue weighted by atomic mass is 32.2. The van der Waals surface area contributed by atoms with Gasteiger partial charge >= 0.3 is 5.97 Å². The summed E-state index contributed by atoms with van der Waals surface area (Å²) in [5, 5.41) is 2.87. The molecule has 5 heteroatoms. The highest BCUT2D eigenvalue weighted by molar-refractivity contribution is 7.99. The maximum absolute atomic E-state index is 12.5. The lowest BCUT2D eigenvalue weighted by atomic mass is 10.1. The third-order valence-electron chi connectivity index (χ3n) is 4.17. The molecule has 0 aromatic heterocycles. The number of hydrogen-bond acceptors (Lipinski definition) is 4. The summed E-state index contributed by atoms with van der Waals surface area (Å²) in [7, 11) is 1.36. The molecule has 0 aliphatic heterocycles. The number of ether oxygens (including phenoxy) is 1. The van der Waals surface area contributed by atoms with Crippen molar-refractivity contribution in [2.24, 2.45) is 0 Å². The predicted molar refractivity (Wildman–Crippen MR) is 108 cm³/mol. The number of nitrogens with one attached hydrogen (secondary N) is 1. The molecule has 1 N–H and O–H groups in total. The SMILES string of the molecule is COC(=O)c1ccc(CSC(C)C(=O)Nc2c(C)cc(C)cc2C)cc1. The highest BCUT2D eigenvalue weighted by Gasteiger charge is 2.16. The number of anilines is 1. The van der Waals surface area contributed by atoms with E-state index in [4.69, 9.17) is 4.74 Å². The molecule has 1 unspecified atom stereocenters. The van der Waals surface area contributed by atoms with Gasteiger partial charge in [-0.2, -0.15) is 0 Å². The molecular formula is C21H25NO3S. The number of aryl methyl sites for hydroxylation is 3. The number of hydrogen-bond donors (Lipinski definition) is 1. The second kappa shape index (κ2) is 8.90. The van der Waals surface area contributed by atoms with Gasteiger partial charge in [0.25, 0.3) is 0 Å². The number of thioether (sulfide) groups is 1. The van der Waals surface area contributed by atoms with E-state index in [0.717, 1.165) is 22.4 Å². The molecule has 0 fully saturated rings. The second-order valence-corrected chi connectivity index (χ2v) is 7.73. The minimum atomic E-state index is -0.346. The molecule has 0 radical (unpaired) electrons. The number of carbonyl (C=O) groups excluding carboxylic acids is 2. The highest BCUT2D eigenvalue weighted by Crippen LogP contribution is 2.24. The van der Waals surface area contributed by atoms with E-state index in [-0.39, 0.29) is 17.1 Å². The van der Waals surface area contributed by atoms with Crippen molar-refractivity contribution in [3.63, 3.8) is 0 Å². The quantitative estimate of drug-likeness (QED) is 0.751. The largest absolute Gasteiger partial charge is 0.465 e. The van der Waals surface area contributed by atoms with Crippen LogP contribution in [0.15, 0.2) is 36.4 Å². The van der Waals surface area contributed by atoms with Crippen molar-refractivity contribution in [2.45, 2.75) is 38.7 Å². The van der Waals surface area contributed by atoms with Gasteiger partial charge in [-0.3, -0.25) is 4.79 Å². The molecule has 26 heavy (non-hydrogen) atoms. The lowest BCUT2D eigenvalue weighted by Crippen LogP contribution is -2.23. The molecular weight excluding hydrogens is 346 g/mol. The summed E-state index contributed by atoms with van der Waals surface area (Å²) in [6.45, 7) is 7.98. The molecule has 0 aliphatic carbocycles. The zero-order chi connectivity index (χ0) is 19.3. The van der Waals surface area contributed by atoms with Gasteiger partial charge in [-0.15, -0.1) is 11.8 Å². The van der Waals surface area contributed by atoms with E-state index in [0.29, 0.717) is 11.3 Å². The van der Waals surface area contributed by atoms with Crippen LogP contribution < -0.4 is 5.32 Å². The normalized spacial score (nSPS) is 11.7. The molecule has 2 aromatic rings. The standard InChI is InChI=1S/C21H25NO3S/c1-13-10-14(2)19(15(3)11-13)22-20(23)16(4)26-12-17-6-8-18(9-7-17)21(24)25-5/h6-11,16H,12H2,1-5H3,(H,22,23). The van der Waals surface area contributed by atoms with Crippen molar-refractivity contribution in [1.29, 1.82) is 0 Å². The van der Waals surface area contributed by atoms with Crippen LogP contribution in [0.5, 0.6) is 0 Å². The number of rotatable bonds is 6. The molecule has 138 valence electrons. The average molecular weight is 372 g/mol. The molecule has 0 spiro atoms. The summed E-state index contributed by atoms with van der Waals surface area (Å²) in [4.78, 5) is 24.0. The zero-order valence-electron chi connectivity index (χ0n) is 15.9. The fraction of sp³-hybridized carbons (Fsp3) is 0.333. The molecule has 0 bridgehead atoms. The molecule has 0 aliphatic rings. The molecule has 1 amide bonds. The second-order valence-electron chi connectivity index (χ2n) is 6.40. The number of methoxy groups -OCH3 is 1. The van der Waals surface area contributed by atoms with Crippen LogP contribution in [-0.4, -0.2) is 24.2 Å². The van der Waals surface area contributed by atoms with Gasteiger partial charge in [0, 0.05) is 11.4 Å². The predicted octanol–water partition coefficient (Wildman–Crippen LogP) is 4.66.